The van der Waals surface area contributed by atoms with E-state index in [0.717, 1.165) is 5.75 Å². The van der Waals surface area contributed by atoms with E-state index in [9.17, 15) is 4.79 Å². The molecule has 1 atom stereocenters. The highest BCUT2D eigenvalue weighted by Gasteiger charge is 2.16. The van der Waals surface area contributed by atoms with Crippen molar-refractivity contribution in [3.05, 3.63) is 54.1 Å². The Morgan fingerprint density at radius 1 is 0.962 bits per heavy atom. The van der Waals surface area contributed by atoms with Crippen LogP contribution in [0.5, 0.6) is 17.2 Å². The number of nitrogens with zero attached hydrogens (tertiary/aromatic N) is 1. The highest BCUT2D eigenvalue weighted by Crippen LogP contribution is 2.17. The second-order valence-electron chi connectivity index (χ2n) is 5.32. The first-order chi connectivity index (χ1) is 12.6. The number of carbonyl (C=O) groups is 1. The molecule has 0 unspecified atom stereocenters. The molecule has 0 aliphatic rings. The molecule has 0 aromatic heterocycles. The molecule has 2 aromatic rings. The predicted octanol–water partition coefficient (Wildman–Crippen LogP) is 3.35. The smallest absolute Gasteiger partial charge is 0.347 e. The quantitative estimate of drug-likeness (QED) is 0.507. The van der Waals surface area contributed by atoms with Gasteiger partial charge in [-0.25, -0.2) is 4.79 Å². The summed E-state index contributed by atoms with van der Waals surface area (Å²) < 4.78 is 21.5. The van der Waals surface area contributed by atoms with Gasteiger partial charge in [-0.3, -0.25) is 0 Å². The Morgan fingerprint density at radius 2 is 1.54 bits per heavy atom. The molecule has 0 N–H and O–H groups in total. The van der Waals surface area contributed by atoms with Crippen LogP contribution in [0.2, 0.25) is 0 Å². The molecule has 26 heavy (non-hydrogen) atoms. The monoisotopic (exact) mass is 355 g/mol. The van der Waals surface area contributed by atoms with Crippen LogP contribution >= 0.6 is 0 Å². The largest absolute Gasteiger partial charge is 0.494 e. The van der Waals surface area contributed by atoms with Crippen molar-refractivity contribution in [2.24, 2.45) is 0 Å². The summed E-state index contributed by atoms with van der Waals surface area (Å²) in [5.74, 6) is 1.47. The van der Waals surface area contributed by atoms with Crippen LogP contribution in [0.4, 0.5) is 0 Å². The summed E-state index contributed by atoms with van der Waals surface area (Å²) >= 11 is 0. The van der Waals surface area contributed by atoms with Crippen molar-refractivity contribution in [1.82, 2.24) is 0 Å². The van der Waals surface area contributed by atoms with Crippen LogP contribution in [-0.2, 0) is 9.53 Å². The second kappa shape index (κ2) is 9.94. The topological polar surface area (TPSA) is 77.8 Å². The third-order valence-electron chi connectivity index (χ3n) is 3.36. The van der Waals surface area contributed by atoms with Gasteiger partial charge in [0.05, 0.1) is 18.2 Å². The summed E-state index contributed by atoms with van der Waals surface area (Å²) in [5.41, 5.74) is 0.527. The van der Waals surface area contributed by atoms with Crippen LogP contribution < -0.4 is 14.2 Å². The fourth-order valence-corrected chi connectivity index (χ4v) is 2.08. The maximum absolute atomic E-state index is 11.9. The number of carbonyl (C=O) groups excluding carboxylic acids is 1. The molecule has 0 aliphatic carbocycles. The van der Waals surface area contributed by atoms with Crippen molar-refractivity contribution >= 4 is 5.97 Å². The number of hydrogen-bond acceptors (Lipinski definition) is 6. The minimum absolute atomic E-state index is 0.118. The Balaban J connectivity index is 1.69. The van der Waals surface area contributed by atoms with E-state index in [1.165, 1.54) is 0 Å². The molecule has 0 aliphatic heterocycles. The van der Waals surface area contributed by atoms with E-state index in [4.69, 9.17) is 24.2 Å². The van der Waals surface area contributed by atoms with Gasteiger partial charge in [0.2, 0.25) is 0 Å². The third kappa shape index (κ3) is 6.02. The minimum Gasteiger partial charge on any atom is -0.494 e. The van der Waals surface area contributed by atoms with E-state index in [0.29, 0.717) is 23.7 Å². The van der Waals surface area contributed by atoms with Crippen LogP contribution in [0.15, 0.2) is 48.5 Å². The Hall–Kier alpha value is -3.20. The van der Waals surface area contributed by atoms with Crippen molar-refractivity contribution in [3.63, 3.8) is 0 Å². The lowest BCUT2D eigenvalue weighted by Gasteiger charge is -2.14. The van der Waals surface area contributed by atoms with Crippen molar-refractivity contribution < 1.29 is 23.7 Å². The van der Waals surface area contributed by atoms with Crippen LogP contribution in [0.3, 0.4) is 0 Å². The number of benzene rings is 2. The normalized spacial score (nSPS) is 11.1. The molecule has 2 rings (SSSR count). The molecule has 0 radical (unpaired) electrons. The maximum atomic E-state index is 11.9. The molecule has 6 heteroatoms. The zero-order valence-corrected chi connectivity index (χ0v) is 14.8. The first kappa shape index (κ1) is 19.1. The van der Waals surface area contributed by atoms with Gasteiger partial charge in [0.15, 0.2) is 6.10 Å². The van der Waals surface area contributed by atoms with Gasteiger partial charge in [-0.05, 0) is 62.4 Å². The number of rotatable bonds is 9. The van der Waals surface area contributed by atoms with Crippen LogP contribution in [-0.4, -0.2) is 31.9 Å². The average molecular weight is 355 g/mol. The van der Waals surface area contributed by atoms with Crippen LogP contribution in [0.25, 0.3) is 0 Å². The zero-order valence-electron chi connectivity index (χ0n) is 14.8. The molecule has 0 spiro atoms. The van der Waals surface area contributed by atoms with E-state index in [2.05, 4.69) is 0 Å². The molecule has 0 amide bonds. The Kier molecular flexibility index (Phi) is 7.31. The molecular weight excluding hydrogens is 334 g/mol. The molecule has 2 aromatic carbocycles. The van der Waals surface area contributed by atoms with Gasteiger partial charge in [0.25, 0.3) is 0 Å². The maximum Gasteiger partial charge on any atom is 0.347 e. The highest BCUT2D eigenvalue weighted by atomic mass is 16.6. The molecule has 0 heterocycles. The summed E-state index contributed by atoms with van der Waals surface area (Å²) in [6.45, 7) is 4.49. The Bertz CT molecular complexity index is 734. The van der Waals surface area contributed by atoms with Crippen molar-refractivity contribution in [2.45, 2.75) is 20.0 Å². The predicted molar refractivity (Wildman–Crippen MR) is 95.3 cm³/mol. The SMILES string of the molecule is CCOc1ccc(OCCOC(=O)[C@H](C)Oc2ccc(C#N)cc2)cc1. The van der Waals surface area contributed by atoms with Crippen LogP contribution in [0.1, 0.15) is 19.4 Å². The van der Waals surface area contributed by atoms with Gasteiger partial charge in [-0.15, -0.1) is 0 Å². The number of nitriles is 1. The molecule has 0 saturated heterocycles. The van der Waals surface area contributed by atoms with E-state index in [1.807, 2.05) is 25.1 Å². The first-order valence-corrected chi connectivity index (χ1v) is 8.31. The lowest BCUT2D eigenvalue weighted by molar-refractivity contribution is -0.151. The fraction of sp³-hybridized carbons (Fsp3) is 0.300. The molecule has 0 bridgehead atoms. The average Bonchev–Trinajstić information content (AvgIpc) is 2.67. The van der Waals surface area contributed by atoms with Gasteiger partial charge in [-0.2, -0.15) is 5.26 Å². The summed E-state index contributed by atoms with van der Waals surface area (Å²) in [6.07, 6.45) is -0.756. The van der Waals surface area contributed by atoms with Gasteiger partial charge in [-0.1, -0.05) is 0 Å². The van der Waals surface area contributed by atoms with Gasteiger partial charge in [0, 0.05) is 0 Å². The van der Waals surface area contributed by atoms with E-state index in [-0.39, 0.29) is 13.2 Å². The lowest BCUT2D eigenvalue weighted by Crippen LogP contribution is -2.27. The summed E-state index contributed by atoms with van der Waals surface area (Å²) in [5, 5.41) is 8.76. The number of ether oxygens (including phenoxy) is 4. The molecule has 6 nitrogen and oxygen atoms in total. The first-order valence-electron chi connectivity index (χ1n) is 8.31. The molecule has 0 fully saturated rings. The van der Waals surface area contributed by atoms with Crippen molar-refractivity contribution in [3.8, 4) is 23.3 Å². The summed E-state index contributed by atoms with van der Waals surface area (Å²) in [7, 11) is 0. The highest BCUT2D eigenvalue weighted by molar-refractivity contribution is 5.74. The number of hydrogen-bond donors (Lipinski definition) is 0. The summed E-state index contributed by atoms with van der Waals surface area (Å²) in [6, 6.07) is 15.8. The second-order valence-corrected chi connectivity index (χ2v) is 5.32. The summed E-state index contributed by atoms with van der Waals surface area (Å²) in [4.78, 5) is 11.9. The van der Waals surface area contributed by atoms with Gasteiger partial charge < -0.3 is 18.9 Å². The van der Waals surface area contributed by atoms with E-state index < -0.39 is 12.1 Å². The lowest BCUT2D eigenvalue weighted by atomic mass is 10.2. The minimum atomic E-state index is -0.756. The molecule has 136 valence electrons. The van der Waals surface area contributed by atoms with E-state index >= 15 is 0 Å². The number of esters is 1. The molecular formula is C20H21NO5. The van der Waals surface area contributed by atoms with Crippen molar-refractivity contribution in [2.75, 3.05) is 19.8 Å². The van der Waals surface area contributed by atoms with E-state index in [1.54, 1.807) is 43.3 Å². The van der Waals surface area contributed by atoms with Gasteiger partial charge in [0.1, 0.15) is 30.5 Å². The molecule has 0 saturated carbocycles. The Labute approximate surface area is 152 Å². The fourth-order valence-electron chi connectivity index (χ4n) is 2.08. The van der Waals surface area contributed by atoms with Crippen molar-refractivity contribution in [1.29, 1.82) is 5.26 Å². The third-order valence-corrected chi connectivity index (χ3v) is 3.36. The Morgan fingerprint density at radius 3 is 2.12 bits per heavy atom. The standard InChI is InChI=1S/C20H21NO5/c1-3-23-17-8-10-18(11-9-17)24-12-13-25-20(22)15(2)26-19-6-4-16(14-21)5-7-19/h4-11,15H,3,12-13H2,1-2H3/t15-/m0/s1. The van der Waals surface area contributed by atoms with Crippen LogP contribution in [0, 0.1) is 11.3 Å². The van der Waals surface area contributed by atoms with Gasteiger partial charge >= 0.3 is 5.97 Å². The zero-order chi connectivity index (χ0) is 18.8.